The van der Waals surface area contributed by atoms with E-state index in [-0.39, 0.29) is 18.9 Å². The molecule has 0 saturated heterocycles. The Bertz CT molecular complexity index is 489. The summed E-state index contributed by atoms with van der Waals surface area (Å²) in [5.41, 5.74) is 4.07. The number of nitrogens with one attached hydrogen (secondary N) is 1. The van der Waals surface area contributed by atoms with E-state index in [1.807, 2.05) is 32.9 Å². The smallest absolute Gasteiger partial charge is 0.304 e. The number of carbonyl (C=O) groups is 2. The Hall–Kier alpha value is -1.88. The fourth-order valence-electron chi connectivity index (χ4n) is 2.17. The summed E-state index contributed by atoms with van der Waals surface area (Å²) in [7, 11) is 1.73. The molecule has 0 spiro atoms. The van der Waals surface area contributed by atoms with Crippen molar-refractivity contribution < 1.29 is 14.7 Å². The summed E-state index contributed by atoms with van der Waals surface area (Å²) >= 11 is 0. The summed E-state index contributed by atoms with van der Waals surface area (Å²) in [4.78, 5) is 24.1. The summed E-state index contributed by atoms with van der Waals surface area (Å²) in [6.07, 6.45) is 0.0341. The first-order chi connectivity index (χ1) is 9.29. The van der Waals surface area contributed by atoms with Gasteiger partial charge in [0.25, 0.3) is 0 Å². The van der Waals surface area contributed by atoms with Gasteiger partial charge in [0.2, 0.25) is 5.91 Å². The highest BCUT2D eigenvalue weighted by Crippen LogP contribution is 2.21. The van der Waals surface area contributed by atoms with Crippen molar-refractivity contribution in [2.24, 2.45) is 0 Å². The fraction of sp³-hybridized carbons (Fsp3) is 0.467. The number of carboxylic acids is 1. The highest BCUT2D eigenvalue weighted by Gasteiger charge is 2.11. The number of benzene rings is 1. The minimum absolute atomic E-state index is 0.0341. The molecule has 0 aliphatic rings. The van der Waals surface area contributed by atoms with Crippen LogP contribution in [-0.2, 0) is 9.59 Å². The summed E-state index contributed by atoms with van der Waals surface area (Å²) < 4.78 is 0. The van der Waals surface area contributed by atoms with Gasteiger partial charge in [0.1, 0.15) is 0 Å². The number of carbonyl (C=O) groups excluding carboxylic acids is 1. The Labute approximate surface area is 119 Å². The molecule has 0 aliphatic carbocycles. The van der Waals surface area contributed by atoms with Gasteiger partial charge in [-0.15, -0.1) is 0 Å². The Morgan fingerprint density at radius 3 is 2.25 bits per heavy atom. The fourth-order valence-corrected chi connectivity index (χ4v) is 2.17. The molecule has 0 unspecified atom stereocenters. The third kappa shape index (κ3) is 5.01. The zero-order valence-corrected chi connectivity index (χ0v) is 12.5. The normalized spacial score (nSPS) is 10.7. The van der Waals surface area contributed by atoms with Gasteiger partial charge in [0.15, 0.2) is 0 Å². The largest absolute Gasteiger partial charge is 0.481 e. The zero-order valence-electron chi connectivity index (χ0n) is 12.5. The molecule has 110 valence electrons. The molecule has 0 aromatic heterocycles. The third-order valence-electron chi connectivity index (χ3n) is 3.06. The molecule has 0 aliphatic heterocycles. The van der Waals surface area contributed by atoms with Crippen molar-refractivity contribution in [3.05, 3.63) is 28.8 Å². The Balaban J connectivity index is 2.61. The Kier molecular flexibility index (Phi) is 5.70. The first kappa shape index (κ1) is 16.2. The van der Waals surface area contributed by atoms with Gasteiger partial charge < -0.3 is 10.4 Å². The van der Waals surface area contributed by atoms with Crippen LogP contribution < -0.4 is 5.32 Å². The van der Waals surface area contributed by atoms with Gasteiger partial charge in [0, 0.05) is 12.2 Å². The van der Waals surface area contributed by atoms with Gasteiger partial charge in [-0.2, -0.15) is 0 Å². The van der Waals surface area contributed by atoms with E-state index < -0.39 is 5.97 Å². The maximum atomic E-state index is 12.0. The second-order valence-corrected chi connectivity index (χ2v) is 5.20. The molecule has 1 rings (SSSR count). The molecule has 1 aromatic rings. The van der Waals surface area contributed by atoms with Crippen LogP contribution in [0.5, 0.6) is 0 Å². The van der Waals surface area contributed by atoms with Crippen molar-refractivity contribution in [1.82, 2.24) is 4.90 Å². The van der Waals surface area contributed by atoms with Gasteiger partial charge in [-0.25, -0.2) is 0 Å². The molecule has 20 heavy (non-hydrogen) atoms. The third-order valence-corrected chi connectivity index (χ3v) is 3.06. The van der Waals surface area contributed by atoms with Crippen molar-refractivity contribution in [3.63, 3.8) is 0 Å². The molecule has 0 radical (unpaired) electrons. The molecular formula is C15H22N2O3. The molecule has 1 aromatic carbocycles. The first-order valence-electron chi connectivity index (χ1n) is 6.57. The lowest BCUT2D eigenvalue weighted by atomic mass is 10.1. The van der Waals surface area contributed by atoms with E-state index in [1.165, 1.54) is 0 Å². The zero-order chi connectivity index (χ0) is 15.3. The number of carboxylic acid groups (broad SMARTS) is 1. The number of hydrogen-bond donors (Lipinski definition) is 2. The maximum Gasteiger partial charge on any atom is 0.304 e. The van der Waals surface area contributed by atoms with Gasteiger partial charge in [-0.05, 0) is 38.9 Å². The standard InChI is InChI=1S/C15H22N2O3/c1-10-7-11(2)15(12(3)8-10)16-13(18)9-17(4)6-5-14(19)20/h7-8H,5-6,9H2,1-4H3,(H,16,18)(H,19,20). The predicted molar refractivity (Wildman–Crippen MR) is 79.0 cm³/mol. The second-order valence-electron chi connectivity index (χ2n) is 5.20. The second kappa shape index (κ2) is 7.05. The summed E-state index contributed by atoms with van der Waals surface area (Å²) in [5.74, 6) is -0.990. The topological polar surface area (TPSA) is 69.6 Å². The van der Waals surface area contributed by atoms with Crippen LogP contribution in [-0.4, -0.2) is 42.0 Å². The van der Waals surface area contributed by atoms with Crippen molar-refractivity contribution in [3.8, 4) is 0 Å². The monoisotopic (exact) mass is 278 g/mol. The van der Waals surface area contributed by atoms with Crippen molar-refractivity contribution in [1.29, 1.82) is 0 Å². The SMILES string of the molecule is Cc1cc(C)c(NC(=O)CN(C)CCC(=O)O)c(C)c1. The predicted octanol–water partition coefficient (Wildman–Crippen LogP) is 1.96. The Morgan fingerprint density at radius 1 is 1.20 bits per heavy atom. The van der Waals surface area contributed by atoms with E-state index in [0.29, 0.717) is 6.54 Å². The molecule has 0 atom stereocenters. The number of hydrogen-bond acceptors (Lipinski definition) is 3. The number of amides is 1. The van der Waals surface area contributed by atoms with Crippen LogP contribution in [0.1, 0.15) is 23.1 Å². The molecule has 1 amide bonds. The molecule has 0 fully saturated rings. The van der Waals surface area contributed by atoms with E-state index in [9.17, 15) is 9.59 Å². The lowest BCUT2D eigenvalue weighted by Gasteiger charge is -2.17. The molecule has 2 N–H and O–H groups in total. The van der Waals surface area contributed by atoms with Crippen LogP contribution in [0.4, 0.5) is 5.69 Å². The minimum Gasteiger partial charge on any atom is -0.481 e. The van der Waals surface area contributed by atoms with Crippen molar-refractivity contribution in [2.75, 3.05) is 25.5 Å². The molecule has 5 heteroatoms. The van der Waals surface area contributed by atoms with Crippen molar-refractivity contribution >= 4 is 17.6 Å². The van der Waals surface area contributed by atoms with Gasteiger partial charge in [-0.1, -0.05) is 17.7 Å². The van der Waals surface area contributed by atoms with Gasteiger partial charge in [-0.3, -0.25) is 14.5 Å². The average molecular weight is 278 g/mol. The average Bonchev–Trinajstić information content (AvgIpc) is 2.31. The lowest BCUT2D eigenvalue weighted by Crippen LogP contribution is -2.32. The number of rotatable bonds is 6. The number of aliphatic carboxylic acids is 1. The molecule has 0 heterocycles. The minimum atomic E-state index is -0.859. The van der Waals surface area contributed by atoms with Gasteiger partial charge in [0.05, 0.1) is 13.0 Å². The quantitative estimate of drug-likeness (QED) is 0.834. The number of nitrogens with zero attached hydrogens (tertiary/aromatic N) is 1. The summed E-state index contributed by atoms with van der Waals surface area (Å²) in [5, 5.41) is 11.5. The van der Waals surface area contributed by atoms with Crippen LogP contribution >= 0.6 is 0 Å². The highest BCUT2D eigenvalue weighted by atomic mass is 16.4. The van der Waals surface area contributed by atoms with Crippen LogP contribution in [0.15, 0.2) is 12.1 Å². The van der Waals surface area contributed by atoms with E-state index in [1.54, 1.807) is 11.9 Å². The van der Waals surface area contributed by atoms with E-state index in [4.69, 9.17) is 5.11 Å². The van der Waals surface area contributed by atoms with Gasteiger partial charge >= 0.3 is 5.97 Å². The molecule has 0 saturated carbocycles. The van der Waals surface area contributed by atoms with Crippen LogP contribution in [0, 0.1) is 20.8 Å². The van der Waals surface area contributed by atoms with E-state index >= 15 is 0 Å². The molecule has 5 nitrogen and oxygen atoms in total. The lowest BCUT2D eigenvalue weighted by molar-refractivity contribution is -0.137. The molecule has 0 bridgehead atoms. The summed E-state index contributed by atoms with van der Waals surface area (Å²) in [6.45, 7) is 6.48. The first-order valence-corrected chi connectivity index (χ1v) is 6.57. The Morgan fingerprint density at radius 2 is 1.75 bits per heavy atom. The number of likely N-dealkylation sites (N-methyl/N-ethyl adjacent to an activating group) is 1. The molecular weight excluding hydrogens is 256 g/mol. The summed E-state index contributed by atoms with van der Waals surface area (Å²) in [6, 6.07) is 4.05. The van der Waals surface area contributed by atoms with Crippen LogP contribution in [0.3, 0.4) is 0 Å². The number of anilines is 1. The van der Waals surface area contributed by atoms with Crippen LogP contribution in [0.25, 0.3) is 0 Å². The van der Waals surface area contributed by atoms with E-state index in [0.717, 1.165) is 22.4 Å². The van der Waals surface area contributed by atoms with Crippen molar-refractivity contribution in [2.45, 2.75) is 27.2 Å². The highest BCUT2D eigenvalue weighted by molar-refractivity contribution is 5.93. The van der Waals surface area contributed by atoms with E-state index in [2.05, 4.69) is 5.32 Å². The number of aryl methyl sites for hydroxylation is 3. The van der Waals surface area contributed by atoms with Crippen LogP contribution in [0.2, 0.25) is 0 Å². The maximum absolute atomic E-state index is 12.0.